The molecule has 100 valence electrons. The van der Waals surface area contributed by atoms with Crippen molar-refractivity contribution in [1.29, 1.82) is 0 Å². The summed E-state index contributed by atoms with van der Waals surface area (Å²) in [6, 6.07) is 4.72. The number of pyridine rings is 1. The van der Waals surface area contributed by atoms with Crippen LogP contribution in [0.3, 0.4) is 0 Å². The van der Waals surface area contributed by atoms with Crippen molar-refractivity contribution < 1.29 is 23.1 Å². The molecule has 18 heavy (non-hydrogen) atoms. The predicted octanol–water partition coefficient (Wildman–Crippen LogP) is 0.868. The quantitative estimate of drug-likeness (QED) is 0.826. The fraction of sp³-hybridized carbons (Fsp3) is 0.455. The molecule has 1 atom stereocenters. The molecule has 1 N–H and O–H groups in total. The zero-order valence-corrected chi connectivity index (χ0v) is 11.0. The molecule has 1 aromatic heterocycles. The van der Waals surface area contributed by atoms with Gasteiger partial charge in [-0.1, -0.05) is 13.0 Å². The molecule has 1 unspecified atom stereocenters. The Morgan fingerprint density at radius 3 is 2.67 bits per heavy atom. The maximum Gasteiger partial charge on any atom is 0.321 e. The van der Waals surface area contributed by atoms with E-state index in [9.17, 15) is 13.2 Å². The number of aromatic nitrogens is 1. The molecule has 0 spiro atoms. The van der Waals surface area contributed by atoms with Crippen LogP contribution in [0.1, 0.15) is 19.0 Å². The third-order valence-corrected chi connectivity index (χ3v) is 4.52. The first kappa shape index (κ1) is 14.4. The van der Waals surface area contributed by atoms with Gasteiger partial charge in [0.15, 0.2) is 15.1 Å². The molecule has 0 aliphatic heterocycles. The van der Waals surface area contributed by atoms with Crippen LogP contribution in [0.15, 0.2) is 18.2 Å². The summed E-state index contributed by atoms with van der Waals surface area (Å²) >= 11 is 0. The molecule has 0 aromatic carbocycles. The molecule has 1 aromatic rings. The number of sulfone groups is 1. The van der Waals surface area contributed by atoms with Gasteiger partial charge in [0.25, 0.3) is 0 Å². The monoisotopic (exact) mass is 273 g/mol. The summed E-state index contributed by atoms with van der Waals surface area (Å²) in [5.74, 6) is -1.44. The Kier molecular flexibility index (Phi) is 4.66. The van der Waals surface area contributed by atoms with Crippen LogP contribution in [0.5, 0.6) is 5.88 Å². The van der Waals surface area contributed by atoms with Crippen molar-refractivity contribution >= 4 is 15.8 Å². The first-order chi connectivity index (χ1) is 8.40. The van der Waals surface area contributed by atoms with Crippen molar-refractivity contribution in [2.24, 2.45) is 0 Å². The van der Waals surface area contributed by atoms with Crippen molar-refractivity contribution in [3.63, 3.8) is 0 Å². The van der Waals surface area contributed by atoms with Crippen molar-refractivity contribution in [2.45, 2.75) is 24.3 Å². The minimum absolute atomic E-state index is 0.0294. The maximum atomic E-state index is 11.9. The topological polar surface area (TPSA) is 93.6 Å². The molecular weight excluding hydrogens is 258 g/mol. The highest BCUT2D eigenvalue weighted by Crippen LogP contribution is 2.15. The van der Waals surface area contributed by atoms with Crippen molar-refractivity contribution in [3.05, 3.63) is 23.9 Å². The van der Waals surface area contributed by atoms with Crippen molar-refractivity contribution in [1.82, 2.24) is 4.98 Å². The average molecular weight is 273 g/mol. The number of rotatable bonds is 6. The molecule has 1 rings (SSSR count). The minimum atomic E-state index is -3.77. The van der Waals surface area contributed by atoms with E-state index in [1.165, 1.54) is 20.1 Å². The summed E-state index contributed by atoms with van der Waals surface area (Å²) < 4.78 is 28.7. The number of methoxy groups -OCH3 is 1. The predicted molar refractivity (Wildman–Crippen MR) is 65.1 cm³/mol. The van der Waals surface area contributed by atoms with Gasteiger partial charge in [0.2, 0.25) is 5.88 Å². The molecular formula is C11H15NO5S. The molecule has 0 saturated carbocycles. The number of aliphatic carboxylic acids is 1. The number of hydrogen-bond donors (Lipinski definition) is 1. The highest BCUT2D eigenvalue weighted by atomic mass is 32.2. The van der Waals surface area contributed by atoms with E-state index in [-0.39, 0.29) is 12.1 Å². The molecule has 0 amide bonds. The SMILES string of the molecule is CCC(C(=O)O)S(=O)(=O)Cc1cccc(OC)n1. The van der Waals surface area contributed by atoms with Crippen LogP contribution in [0.4, 0.5) is 0 Å². The van der Waals surface area contributed by atoms with Gasteiger partial charge < -0.3 is 9.84 Å². The second-order valence-electron chi connectivity index (χ2n) is 3.71. The molecule has 0 aliphatic rings. The Balaban J connectivity index is 2.97. The Morgan fingerprint density at radius 2 is 2.17 bits per heavy atom. The van der Waals surface area contributed by atoms with Gasteiger partial charge in [0.1, 0.15) is 0 Å². The van der Waals surface area contributed by atoms with Crippen LogP contribution in [0.25, 0.3) is 0 Å². The van der Waals surface area contributed by atoms with E-state index in [0.29, 0.717) is 5.88 Å². The van der Waals surface area contributed by atoms with Gasteiger partial charge in [0, 0.05) is 6.07 Å². The van der Waals surface area contributed by atoms with Gasteiger partial charge in [-0.05, 0) is 12.5 Å². The molecule has 0 saturated heterocycles. The Hall–Kier alpha value is -1.63. The fourth-order valence-corrected chi connectivity index (χ4v) is 3.13. The van der Waals surface area contributed by atoms with E-state index in [4.69, 9.17) is 9.84 Å². The molecule has 1 heterocycles. The van der Waals surface area contributed by atoms with Gasteiger partial charge in [-0.2, -0.15) is 0 Å². The molecule has 6 nitrogen and oxygen atoms in total. The summed E-state index contributed by atoms with van der Waals surface area (Å²) in [5.41, 5.74) is 0.272. The molecule has 0 aliphatic carbocycles. The second-order valence-corrected chi connectivity index (χ2v) is 5.90. The first-order valence-electron chi connectivity index (χ1n) is 5.35. The van der Waals surface area contributed by atoms with Gasteiger partial charge in [-0.25, -0.2) is 13.4 Å². The molecule has 0 fully saturated rings. The maximum absolute atomic E-state index is 11.9. The summed E-state index contributed by atoms with van der Waals surface area (Å²) in [5, 5.41) is 7.47. The Morgan fingerprint density at radius 1 is 1.50 bits per heavy atom. The van der Waals surface area contributed by atoms with E-state index in [1.54, 1.807) is 12.1 Å². The van der Waals surface area contributed by atoms with Crippen LogP contribution in [-0.2, 0) is 20.4 Å². The fourth-order valence-electron chi connectivity index (χ4n) is 1.54. The number of nitrogens with zero attached hydrogens (tertiary/aromatic N) is 1. The molecule has 7 heteroatoms. The van der Waals surface area contributed by atoms with Gasteiger partial charge in [0.05, 0.1) is 18.6 Å². The zero-order valence-electron chi connectivity index (χ0n) is 10.2. The highest BCUT2D eigenvalue weighted by Gasteiger charge is 2.31. The van der Waals surface area contributed by atoms with Crippen molar-refractivity contribution in [3.8, 4) is 5.88 Å². The third-order valence-electron chi connectivity index (χ3n) is 2.42. The smallest absolute Gasteiger partial charge is 0.321 e. The summed E-state index contributed by atoms with van der Waals surface area (Å²) in [6.45, 7) is 1.52. The normalized spacial score (nSPS) is 13.0. The van der Waals surface area contributed by atoms with Crippen molar-refractivity contribution in [2.75, 3.05) is 7.11 Å². The Bertz CT molecular complexity index is 526. The van der Waals surface area contributed by atoms with Crippen LogP contribution in [0.2, 0.25) is 0 Å². The van der Waals surface area contributed by atoms with Crippen LogP contribution in [0, 0.1) is 0 Å². The average Bonchev–Trinajstić information content (AvgIpc) is 2.28. The van der Waals surface area contributed by atoms with E-state index >= 15 is 0 Å². The van der Waals surface area contributed by atoms with E-state index in [0.717, 1.165) is 0 Å². The highest BCUT2D eigenvalue weighted by molar-refractivity contribution is 7.92. The molecule has 0 bridgehead atoms. The van der Waals surface area contributed by atoms with Crippen LogP contribution in [-0.4, -0.2) is 36.8 Å². The van der Waals surface area contributed by atoms with E-state index in [2.05, 4.69) is 4.98 Å². The summed E-state index contributed by atoms with van der Waals surface area (Å²) in [4.78, 5) is 14.8. The summed E-state index contributed by atoms with van der Waals surface area (Å²) in [7, 11) is -2.34. The number of carboxylic acid groups (broad SMARTS) is 1. The Labute approximate surface area is 106 Å². The minimum Gasteiger partial charge on any atom is -0.481 e. The molecule has 0 radical (unpaired) electrons. The van der Waals surface area contributed by atoms with Crippen LogP contribution < -0.4 is 4.74 Å². The number of carbonyl (C=O) groups is 1. The standard InChI is InChI=1S/C11H15NO5S/c1-3-9(11(13)14)18(15,16)7-8-5-4-6-10(12-8)17-2/h4-6,9H,3,7H2,1-2H3,(H,13,14). The van der Waals surface area contributed by atoms with E-state index in [1.807, 2.05) is 0 Å². The van der Waals surface area contributed by atoms with E-state index < -0.39 is 26.8 Å². The summed E-state index contributed by atoms with van der Waals surface area (Å²) in [6.07, 6.45) is 0.0294. The lowest BCUT2D eigenvalue weighted by molar-refractivity contribution is -0.136. The van der Waals surface area contributed by atoms with Gasteiger partial charge in [-0.15, -0.1) is 0 Å². The van der Waals surface area contributed by atoms with Crippen LogP contribution >= 0.6 is 0 Å². The third kappa shape index (κ3) is 3.43. The number of carboxylic acids is 1. The van der Waals surface area contributed by atoms with Gasteiger partial charge in [-0.3, -0.25) is 4.79 Å². The first-order valence-corrected chi connectivity index (χ1v) is 7.06. The largest absolute Gasteiger partial charge is 0.481 e. The second kappa shape index (κ2) is 5.81. The lowest BCUT2D eigenvalue weighted by Gasteiger charge is -2.11. The number of ether oxygens (including phenoxy) is 1. The lowest BCUT2D eigenvalue weighted by Crippen LogP contribution is -2.30. The number of hydrogen-bond acceptors (Lipinski definition) is 5. The van der Waals surface area contributed by atoms with Gasteiger partial charge >= 0.3 is 5.97 Å². The lowest BCUT2D eigenvalue weighted by atomic mass is 10.3. The zero-order chi connectivity index (χ0) is 13.8.